The van der Waals surface area contributed by atoms with Crippen molar-refractivity contribution in [3.63, 3.8) is 0 Å². The number of anilines is 2. The Labute approximate surface area is 173 Å². The summed E-state index contributed by atoms with van der Waals surface area (Å²) in [6, 6.07) is 21.9. The summed E-state index contributed by atoms with van der Waals surface area (Å²) in [5.41, 5.74) is 2.06. The van der Waals surface area contributed by atoms with E-state index in [-0.39, 0.29) is 22.7 Å². The summed E-state index contributed by atoms with van der Waals surface area (Å²) in [5.74, 6) is 0. The lowest BCUT2D eigenvalue weighted by Crippen LogP contribution is -2.11. The molecule has 8 heteroatoms. The van der Waals surface area contributed by atoms with Crippen molar-refractivity contribution in [1.82, 2.24) is 0 Å². The van der Waals surface area contributed by atoms with Gasteiger partial charge < -0.3 is 10.6 Å². The van der Waals surface area contributed by atoms with E-state index in [4.69, 9.17) is 0 Å². The van der Waals surface area contributed by atoms with Crippen LogP contribution in [0.5, 0.6) is 0 Å². The van der Waals surface area contributed by atoms with Crippen LogP contribution in [0.3, 0.4) is 0 Å². The molecule has 0 aliphatic carbocycles. The van der Waals surface area contributed by atoms with Crippen molar-refractivity contribution in [2.75, 3.05) is 23.7 Å². The van der Waals surface area contributed by atoms with Crippen LogP contribution in [0.25, 0.3) is 0 Å². The maximum atomic E-state index is 11.5. The third-order valence-electron chi connectivity index (χ3n) is 4.65. The van der Waals surface area contributed by atoms with Gasteiger partial charge in [-0.15, -0.1) is 0 Å². The highest BCUT2D eigenvalue weighted by molar-refractivity contribution is 5.76. The molecule has 0 unspecified atom stereocenters. The second-order valence-corrected chi connectivity index (χ2v) is 6.73. The Morgan fingerprint density at radius 2 is 1.03 bits per heavy atom. The predicted octanol–water partition coefficient (Wildman–Crippen LogP) is 4.81. The predicted molar refractivity (Wildman–Crippen MR) is 117 cm³/mol. The normalized spacial score (nSPS) is 10.4. The van der Waals surface area contributed by atoms with E-state index in [1.165, 1.54) is 6.07 Å². The summed E-state index contributed by atoms with van der Waals surface area (Å²) in [6.45, 7) is 0.929. The molecule has 0 saturated carbocycles. The van der Waals surface area contributed by atoms with Gasteiger partial charge in [-0.3, -0.25) is 20.2 Å². The minimum atomic E-state index is -0.606. The molecule has 3 aromatic carbocycles. The molecule has 0 bridgehead atoms. The van der Waals surface area contributed by atoms with Gasteiger partial charge in [-0.2, -0.15) is 0 Å². The van der Waals surface area contributed by atoms with E-state index in [9.17, 15) is 20.2 Å². The molecule has 0 aliphatic heterocycles. The first-order chi connectivity index (χ1) is 14.5. The van der Waals surface area contributed by atoms with Crippen molar-refractivity contribution in [3.05, 3.63) is 104 Å². The van der Waals surface area contributed by atoms with Crippen LogP contribution in [0.4, 0.5) is 22.7 Å². The first-order valence-corrected chi connectivity index (χ1v) is 9.57. The van der Waals surface area contributed by atoms with Crippen LogP contribution >= 0.6 is 0 Å². The van der Waals surface area contributed by atoms with Gasteiger partial charge in [0, 0.05) is 13.1 Å². The molecule has 154 valence electrons. The Morgan fingerprint density at radius 3 is 1.40 bits per heavy atom. The molecule has 2 N–H and O–H groups in total. The maximum absolute atomic E-state index is 11.5. The van der Waals surface area contributed by atoms with Crippen molar-refractivity contribution >= 4 is 22.7 Å². The third kappa shape index (κ3) is 5.54. The molecular weight excluding hydrogens is 384 g/mol. The smallest absolute Gasteiger partial charge is 0.299 e. The van der Waals surface area contributed by atoms with Gasteiger partial charge >= 0.3 is 0 Å². The van der Waals surface area contributed by atoms with Crippen LogP contribution in [0, 0.1) is 20.2 Å². The molecule has 3 aromatic rings. The zero-order valence-corrected chi connectivity index (χ0v) is 16.3. The second-order valence-electron chi connectivity index (χ2n) is 6.73. The van der Waals surface area contributed by atoms with Gasteiger partial charge in [-0.05, 0) is 30.0 Å². The van der Waals surface area contributed by atoms with Crippen molar-refractivity contribution in [2.45, 2.75) is 12.8 Å². The SMILES string of the molecule is O=[N+]([O-])c1cc([N+](=O)[O-])c(NCCc2ccccc2)cc1NCCc1ccccc1. The van der Waals surface area contributed by atoms with E-state index >= 15 is 0 Å². The van der Waals surface area contributed by atoms with Gasteiger partial charge in [0.05, 0.1) is 15.9 Å². The molecule has 0 spiro atoms. The van der Waals surface area contributed by atoms with E-state index in [2.05, 4.69) is 10.6 Å². The summed E-state index contributed by atoms with van der Waals surface area (Å²) in [6.07, 6.45) is 1.34. The Balaban J connectivity index is 1.76. The number of nitro benzene ring substituents is 2. The molecule has 0 amide bonds. The van der Waals surface area contributed by atoms with Gasteiger partial charge in [0.25, 0.3) is 11.4 Å². The molecule has 0 aromatic heterocycles. The van der Waals surface area contributed by atoms with Crippen LogP contribution in [-0.2, 0) is 12.8 Å². The van der Waals surface area contributed by atoms with E-state index in [0.29, 0.717) is 25.9 Å². The fourth-order valence-electron chi connectivity index (χ4n) is 3.13. The lowest BCUT2D eigenvalue weighted by molar-refractivity contribution is -0.393. The van der Waals surface area contributed by atoms with Gasteiger partial charge in [0.15, 0.2) is 0 Å². The standard InChI is InChI=1S/C22H22N4O4/c27-25(28)21-16-22(26(29)30)20(24-14-12-18-9-5-2-6-10-18)15-19(21)23-13-11-17-7-3-1-4-8-17/h1-10,15-16,23-24H,11-14H2. The van der Waals surface area contributed by atoms with Gasteiger partial charge in [0.2, 0.25) is 0 Å². The zero-order chi connectivity index (χ0) is 21.3. The van der Waals surface area contributed by atoms with Gasteiger partial charge in [-0.25, -0.2) is 0 Å². The average Bonchev–Trinajstić information content (AvgIpc) is 2.75. The van der Waals surface area contributed by atoms with Crippen LogP contribution in [0.15, 0.2) is 72.8 Å². The quantitative estimate of drug-likeness (QED) is 0.369. The summed E-state index contributed by atoms with van der Waals surface area (Å²) in [5, 5.41) is 29.0. The number of rotatable bonds is 10. The molecule has 3 rings (SSSR count). The molecule has 0 saturated heterocycles. The lowest BCUT2D eigenvalue weighted by Gasteiger charge is -2.12. The molecular formula is C22H22N4O4. The Morgan fingerprint density at radius 1 is 0.633 bits per heavy atom. The molecule has 0 radical (unpaired) electrons. The third-order valence-corrected chi connectivity index (χ3v) is 4.65. The number of hydrogen-bond acceptors (Lipinski definition) is 6. The summed E-state index contributed by atoms with van der Waals surface area (Å²) >= 11 is 0. The van der Waals surface area contributed by atoms with Crippen LogP contribution in [0.2, 0.25) is 0 Å². The summed E-state index contributed by atoms with van der Waals surface area (Å²) in [4.78, 5) is 21.7. The van der Waals surface area contributed by atoms with Crippen molar-refractivity contribution in [3.8, 4) is 0 Å². The zero-order valence-electron chi connectivity index (χ0n) is 16.3. The number of hydrogen-bond donors (Lipinski definition) is 2. The molecule has 0 aliphatic rings. The first-order valence-electron chi connectivity index (χ1n) is 9.57. The van der Waals surface area contributed by atoms with Crippen molar-refractivity contribution < 1.29 is 9.85 Å². The minimum absolute atomic E-state index is 0.253. The summed E-state index contributed by atoms with van der Waals surface area (Å²) < 4.78 is 0. The van der Waals surface area contributed by atoms with E-state index < -0.39 is 9.85 Å². The van der Waals surface area contributed by atoms with Gasteiger partial charge in [0.1, 0.15) is 11.4 Å². The number of nitro groups is 2. The van der Waals surface area contributed by atoms with Crippen LogP contribution in [0.1, 0.15) is 11.1 Å². The fourth-order valence-corrected chi connectivity index (χ4v) is 3.13. The van der Waals surface area contributed by atoms with Crippen molar-refractivity contribution in [1.29, 1.82) is 0 Å². The van der Waals surface area contributed by atoms with Crippen LogP contribution in [-0.4, -0.2) is 22.9 Å². The number of nitrogens with one attached hydrogen (secondary N) is 2. The van der Waals surface area contributed by atoms with Crippen molar-refractivity contribution in [2.24, 2.45) is 0 Å². The number of nitrogens with zero attached hydrogens (tertiary/aromatic N) is 2. The highest BCUT2D eigenvalue weighted by Gasteiger charge is 2.24. The lowest BCUT2D eigenvalue weighted by atomic mass is 10.1. The average molecular weight is 406 g/mol. The topological polar surface area (TPSA) is 110 Å². The molecule has 0 heterocycles. The number of benzene rings is 3. The second kappa shape index (κ2) is 10.0. The van der Waals surface area contributed by atoms with E-state index in [1.807, 2.05) is 60.7 Å². The van der Waals surface area contributed by atoms with E-state index in [1.54, 1.807) is 0 Å². The van der Waals surface area contributed by atoms with Crippen LogP contribution < -0.4 is 10.6 Å². The minimum Gasteiger partial charge on any atom is -0.379 e. The van der Waals surface area contributed by atoms with E-state index in [0.717, 1.165) is 17.2 Å². The molecule has 30 heavy (non-hydrogen) atoms. The molecule has 0 atom stereocenters. The Hall–Kier alpha value is -3.94. The highest BCUT2D eigenvalue weighted by atomic mass is 16.6. The first kappa shape index (κ1) is 20.8. The molecule has 0 fully saturated rings. The monoisotopic (exact) mass is 406 g/mol. The highest BCUT2D eigenvalue weighted by Crippen LogP contribution is 2.36. The van der Waals surface area contributed by atoms with Gasteiger partial charge in [-0.1, -0.05) is 60.7 Å². The Bertz CT molecular complexity index is 932. The molecule has 8 nitrogen and oxygen atoms in total. The fraction of sp³-hybridized carbons (Fsp3) is 0.182. The maximum Gasteiger partial charge on any atom is 0.299 e. The summed E-state index contributed by atoms with van der Waals surface area (Å²) in [7, 11) is 0. The largest absolute Gasteiger partial charge is 0.379 e. The Kier molecular flexibility index (Phi) is 6.94.